The summed E-state index contributed by atoms with van der Waals surface area (Å²) in [6, 6.07) is 14.2. The topological polar surface area (TPSA) is 84.5 Å². The van der Waals surface area contributed by atoms with Gasteiger partial charge in [-0.25, -0.2) is 0 Å². The summed E-state index contributed by atoms with van der Waals surface area (Å²) in [5, 5.41) is 5.19. The van der Waals surface area contributed by atoms with Crippen molar-refractivity contribution in [3.8, 4) is 0 Å². The van der Waals surface area contributed by atoms with E-state index in [0.29, 0.717) is 11.3 Å². The van der Waals surface area contributed by atoms with Crippen LogP contribution in [0.4, 0.5) is 5.69 Å². The number of esters is 1. The molecule has 0 radical (unpaired) electrons. The summed E-state index contributed by atoms with van der Waals surface area (Å²) in [7, 11) is 0. The van der Waals surface area contributed by atoms with Gasteiger partial charge < -0.3 is 15.4 Å². The SMILES string of the molecule is Cc1ccc(NC(=O)[C@H](C)OC(=O)CNC(=O)c2ccccc2)c(C)c1. The highest BCUT2D eigenvalue weighted by Gasteiger charge is 2.19. The third-order valence-corrected chi connectivity index (χ3v) is 3.75. The maximum atomic E-state index is 12.2. The van der Waals surface area contributed by atoms with Crippen molar-refractivity contribution in [1.29, 1.82) is 0 Å². The molecule has 2 aromatic rings. The van der Waals surface area contributed by atoms with Crippen LogP contribution in [0.25, 0.3) is 0 Å². The van der Waals surface area contributed by atoms with Crippen LogP contribution < -0.4 is 10.6 Å². The fourth-order valence-corrected chi connectivity index (χ4v) is 2.32. The van der Waals surface area contributed by atoms with Crippen molar-refractivity contribution in [2.24, 2.45) is 0 Å². The van der Waals surface area contributed by atoms with Gasteiger partial charge in [0, 0.05) is 11.3 Å². The lowest BCUT2D eigenvalue weighted by molar-refractivity contribution is -0.152. The lowest BCUT2D eigenvalue weighted by Gasteiger charge is -2.15. The molecule has 2 N–H and O–H groups in total. The van der Waals surface area contributed by atoms with Gasteiger partial charge in [0.25, 0.3) is 11.8 Å². The number of carbonyl (C=O) groups excluding carboxylic acids is 3. The molecule has 2 rings (SSSR count). The second kappa shape index (κ2) is 8.80. The monoisotopic (exact) mass is 354 g/mol. The van der Waals surface area contributed by atoms with E-state index in [4.69, 9.17) is 4.74 Å². The lowest BCUT2D eigenvalue weighted by atomic mass is 10.1. The lowest BCUT2D eigenvalue weighted by Crippen LogP contribution is -2.35. The van der Waals surface area contributed by atoms with Crippen molar-refractivity contribution in [3.63, 3.8) is 0 Å². The van der Waals surface area contributed by atoms with Gasteiger partial charge in [0.2, 0.25) is 0 Å². The summed E-state index contributed by atoms with van der Waals surface area (Å²) in [6.45, 7) is 5.02. The quantitative estimate of drug-likeness (QED) is 0.781. The Morgan fingerprint density at radius 3 is 2.38 bits per heavy atom. The molecule has 136 valence electrons. The number of nitrogens with one attached hydrogen (secondary N) is 2. The fourth-order valence-electron chi connectivity index (χ4n) is 2.32. The van der Waals surface area contributed by atoms with Crippen LogP contribution >= 0.6 is 0 Å². The Morgan fingerprint density at radius 2 is 1.73 bits per heavy atom. The van der Waals surface area contributed by atoms with E-state index < -0.39 is 18.0 Å². The molecule has 0 aliphatic heterocycles. The molecule has 0 spiro atoms. The molecule has 0 saturated carbocycles. The average molecular weight is 354 g/mol. The second-order valence-electron chi connectivity index (χ2n) is 5.99. The van der Waals surface area contributed by atoms with E-state index in [-0.39, 0.29) is 12.5 Å². The molecule has 0 bridgehead atoms. The van der Waals surface area contributed by atoms with E-state index in [1.807, 2.05) is 26.0 Å². The first-order chi connectivity index (χ1) is 12.4. The zero-order valence-electron chi connectivity index (χ0n) is 15.0. The van der Waals surface area contributed by atoms with E-state index in [1.54, 1.807) is 36.4 Å². The Morgan fingerprint density at radius 1 is 1.04 bits per heavy atom. The fraction of sp³-hybridized carbons (Fsp3) is 0.250. The van der Waals surface area contributed by atoms with Gasteiger partial charge in [0.05, 0.1) is 0 Å². The van der Waals surface area contributed by atoms with Crippen LogP contribution in [0.2, 0.25) is 0 Å². The summed E-state index contributed by atoms with van der Waals surface area (Å²) in [5.41, 5.74) is 3.13. The molecule has 0 aliphatic rings. The predicted octanol–water partition coefficient (Wildman–Crippen LogP) is 2.60. The van der Waals surface area contributed by atoms with Crippen molar-refractivity contribution < 1.29 is 19.1 Å². The molecule has 2 aromatic carbocycles. The molecule has 0 saturated heterocycles. The third kappa shape index (κ3) is 5.44. The van der Waals surface area contributed by atoms with Gasteiger partial charge in [-0.1, -0.05) is 35.9 Å². The number of hydrogen-bond donors (Lipinski definition) is 2. The van der Waals surface area contributed by atoms with Crippen LogP contribution in [0, 0.1) is 13.8 Å². The molecular formula is C20H22N2O4. The van der Waals surface area contributed by atoms with Gasteiger partial charge >= 0.3 is 5.97 Å². The van der Waals surface area contributed by atoms with Crippen LogP contribution in [-0.2, 0) is 14.3 Å². The van der Waals surface area contributed by atoms with Crippen LogP contribution in [0.1, 0.15) is 28.4 Å². The first-order valence-corrected chi connectivity index (χ1v) is 8.27. The predicted molar refractivity (Wildman–Crippen MR) is 98.9 cm³/mol. The largest absolute Gasteiger partial charge is 0.451 e. The van der Waals surface area contributed by atoms with Gasteiger partial charge in [0.1, 0.15) is 6.54 Å². The maximum Gasteiger partial charge on any atom is 0.326 e. The Hall–Kier alpha value is -3.15. The highest BCUT2D eigenvalue weighted by molar-refractivity contribution is 5.97. The minimum absolute atomic E-state index is 0.311. The zero-order chi connectivity index (χ0) is 19.1. The summed E-state index contributed by atoms with van der Waals surface area (Å²) in [6.07, 6.45) is -0.975. The minimum atomic E-state index is -0.975. The van der Waals surface area contributed by atoms with Gasteiger partial charge in [-0.15, -0.1) is 0 Å². The molecule has 1 atom stereocenters. The standard InChI is InChI=1S/C20H22N2O4/c1-13-9-10-17(14(2)11-13)22-19(24)15(3)26-18(23)12-21-20(25)16-7-5-4-6-8-16/h4-11,15H,12H2,1-3H3,(H,21,25)(H,22,24)/t15-/m0/s1. The van der Waals surface area contributed by atoms with Crippen LogP contribution in [-0.4, -0.2) is 30.4 Å². The van der Waals surface area contributed by atoms with Crippen molar-refractivity contribution in [3.05, 3.63) is 65.2 Å². The number of aryl methyl sites for hydroxylation is 2. The highest BCUT2D eigenvalue weighted by Crippen LogP contribution is 2.16. The number of amides is 2. The van der Waals surface area contributed by atoms with Crippen molar-refractivity contribution in [2.45, 2.75) is 26.9 Å². The Balaban J connectivity index is 1.82. The number of anilines is 1. The molecular weight excluding hydrogens is 332 g/mol. The smallest absolute Gasteiger partial charge is 0.326 e. The Kier molecular flexibility index (Phi) is 6.49. The molecule has 2 amide bonds. The van der Waals surface area contributed by atoms with E-state index in [9.17, 15) is 14.4 Å². The second-order valence-corrected chi connectivity index (χ2v) is 5.99. The van der Waals surface area contributed by atoms with E-state index in [2.05, 4.69) is 10.6 Å². The first-order valence-electron chi connectivity index (χ1n) is 8.27. The normalized spacial score (nSPS) is 11.3. The number of rotatable bonds is 6. The highest BCUT2D eigenvalue weighted by atomic mass is 16.5. The van der Waals surface area contributed by atoms with Crippen molar-refractivity contribution in [2.75, 3.05) is 11.9 Å². The molecule has 6 heteroatoms. The van der Waals surface area contributed by atoms with Gasteiger partial charge in [-0.2, -0.15) is 0 Å². The summed E-state index contributed by atoms with van der Waals surface area (Å²) >= 11 is 0. The van der Waals surface area contributed by atoms with E-state index in [0.717, 1.165) is 11.1 Å². The zero-order valence-corrected chi connectivity index (χ0v) is 15.0. The third-order valence-electron chi connectivity index (χ3n) is 3.75. The first kappa shape index (κ1) is 19.2. The number of ether oxygens (including phenoxy) is 1. The average Bonchev–Trinajstić information content (AvgIpc) is 2.62. The van der Waals surface area contributed by atoms with Gasteiger partial charge in [0.15, 0.2) is 6.10 Å². The summed E-state index contributed by atoms with van der Waals surface area (Å²) in [5.74, 6) is -1.49. The van der Waals surface area contributed by atoms with Crippen molar-refractivity contribution in [1.82, 2.24) is 5.32 Å². The molecule has 0 aromatic heterocycles. The molecule has 0 fully saturated rings. The van der Waals surface area contributed by atoms with Gasteiger partial charge in [-0.3, -0.25) is 14.4 Å². The van der Waals surface area contributed by atoms with Crippen LogP contribution in [0.3, 0.4) is 0 Å². The number of carbonyl (C=O) groups is 3. The molecule has 6 nitrogen and oxygen atoms in total. The molecule has 0 unspecified atom stereocenters. The number of benzene rings is 2. The van der Waals surface area contributed by atoms with Crippen molar-refractivity contribution >= 4 is 23.5 Å². The van der Waals surface area contributed by atoms with Crippen LogP contribution in [0.15, 0.2) is 48.5 Å². The van der Waals surface area contributed by atoms with E-state index >= 15 is 0 Å². The summed E-state index contributed by atoms with van der Waals surface area (Å²) in [4.78, 5) is 35.9. The Bertz CT molecular complexity index is 803. The maximum absolute atomic E-state index is 12.2. The molecule has 0 heterocycles. The molecule has 26 heavy (non-hydrogen) atoms. The molecule has 0 aliphatic carbocycles. The van der Waals surface area contributed by atoms with Crippen LogP contribution in [0.5, 0.6) is 0 Å². The number of hydrogen-bond acceptors (Lipinski definition) is 4. The minimum Gasteiger partial charge on any atom is -0.451 e. The van der Waals surface area contributed by atoms with E-state index in [1.165, 1.54) is 6.92 Å². The van der Waals surface area contributed by atoms with Gasteiger partial charge in [-0.05, 0) is 44.5 Å². The Labute approximate surface area is 152 Å². The summed E-state index contributed by atoms with van der Waals surface area (Å²) < 4.78 is 5.07.